The standard InChI is InChI=1S/C30H48O2/c1-19(2)20(3)8-9-21(4)26-12-13-27-25-11-10-23-18-24(32-22(5)31)14-16-29(23,6)28(25)15-17-30(26,27)7/h8-9,13,19-21,23-26,28H,10-12,14-18H2,1-7H3/b9-8+/t20-,21-,23?,24+,25?,26-,28?,29+,30-/m1/s1. The molecule has 180 valence electrons. The van der Waals surface area contributed by atoms with Gasteiger partial charge in [0.05, 0.1) is 0 Å². The van der Waals surface area contributed by atoms with Gasteiger partial charge in [-0.3, -0.25) is 4.79 Å². The summed E-state index contributed by atoms with van der Waals surface area (Å²) >= 11 is 0. The van der Waals surface area contributed by atoms with Gasteiger partial charge in [-0.15, -0.1) is 0 Å². The Bertz CT molecular complexity index is 763. The Labute approximate surface area is 197 Å². The molecule has 0 bridgehead atoms. The van der Waals surface area contributed by atoms with E-state index in [9.17, 15) is 4.79 Å². The third-order valence-corrected chi connectivity index (χ3v) is 10.8. The molecule has 9 atom stereocenters. The van der Waals surface area contributed by atoms with Gasteiger partial charge in [0.1, 0.15) is 6.10 Å². The highest BCUT2D eigenvalue weighted by atomic mass is 16.5. The number of ether oxygens (including phenoxy) is 1. The fourth-order valence-electron chi connectivity index (χ4n) is 8.43. The van der Waals surface area contributed by atoms with Crippen molar-refractivity contribution in [2.45, 2.75) is 106 Å². The summed E-state index contributed by atoms with van der Waals surface area (Å²) in [6, 6.07) is 0. The highest BCUT2D eigenvalue weighted by molar-refractivity contribution is 5.66. The van der Waals surface area contributed by atoms with Gasteiger partial charge in [-0.2, -0.15) is 0 Å². The molecule has 2 nitrogen and oxygen atoms in total. The zero-order chi connectivity index (χ0) is 23.3. The van der Waals surface area contributed by atoms with E-state index in [1.165, 1.54) is 38.5 Å². The Morgan fingerprint density at radius 2 is 1.81 bits per heavy atom. The number of carbonyl (C=O) groups is 1. The third kappa shape index (κ3) is 4.14. The first kappa shape index (κ1) is 24.1. The average Bonchev–Trinajstić information content (AvgIpc) is 3.08. The van der Waals surface area contributed by atoms with Crippen molar-refractivity contribution in [3.05, 3.63) is 23.8 Å². The van der Waals surface area contributed by atoms with Gasteiger partial charge in [-0.1, -0.05) is 65.3 Å². The van der Waals surface area contributed by atoms with Gasteiger partial charge in [0, 0.05) is 6.92 Å². The van der Waals surface area contributed by atoms with Crippen LogP contribution in [-0.2, 0) is 9.53 Å². The van der Waals surface area contributed by atoms with Crippen LogP contribution in [0.2, 0.25) is 0 Å². The summed E-state index contributed by atoms with van der Waals surface area (Å²) < 4.78 is 5.64. The molecule has 4 aliphatic carbocycles. The maximum atomic E-state index is 11.5. The second-order valence-electron chi connectivity index (χ2n) is 12.8. The summed E-state index contributed by atoms with van der Waals surface area (Å²) in [6.07, 6.45) is 17.9. The number of carbonyl (C=O) groups excluding carboxylic acids is 1. The normalized spacial score (nSPS) is 43.2. The molecule has 0 spiro atoms. The monoisotopic (exact) mass is 440 g/mol. The molecule has 0 saturated heterocycles. The first-order valence-corrected chi connectivity index (χ1v) is 13.6. The van der Waals surface area contributed by atoms with E-state index in [-0.39, 0.29) is 12.1 Å². The zero-order valence-corrected chi connectivity index (χ0v) is 21.8. The van der Waals surface area contributed by atoms with Gasteiger partial charge in [0.25, 0.3) is 0 Å². The van der Waals surface area contributed by atoms with E-state index in [4.69, 9.17) is 4.74 Å². The van der Waals surface area contributed by atoms with Crippen LogP contribution in [0.1, 0.15) is 99.8 Å². The molecular formula is C30H48O2. The predicted octanol–water partition coefficient (Wildman–Crippen LogP) is 7.98. The first-order chi connectivity index (χ1) is 15.1. The second kappa shape index (κ2) is 8.95. The van der Waals surface area contributed by atoms with Crippen LogP contribution >= 0.6 is 0 Å². The molecule has 3 unspecified atom stereocenters. The molecule has 3 fully saturated rings. The minimum absolute atomic E-state index is 0.103. The number of hydrogen-bond donors (Lipinski definition) is 0. The van der Waals surface area contributed by atoms with Crippen LogP contribution in [0.5, 0.6) is 0 Å². The molecule has 0 aliphatic heterocycles. The summed E-state index contributed by atoms with van der Waals surface area (Å²) in [5.41, 5.74) is 2.65. The Hall–Kier alpha value is -1.05. The quantitative estimate of drug-likeness (QED) is 0.320. The van der Waals surface area contributed by atoms with E-state index in [0.717, 1.165) is 36.5 Å². The van der Waals surface area contributed by atoms with Crippen molar-refractivity contribution >= 4 is 5.97 Å². The number of allylic oxidation sites excluding steroid dienone is 4. The fourth-order valence-corrected chi connectivity index (χ4v) is 8.43. The highest BCUT2D eigenvalue weighted by Gasteiger charge is 2.58. The van der Waals surface area contributed by atoms with Crippen molar-refractivity contribution in [2.75, 3.05) is 0 Å². The van der Waals surface area contributed by atoms with Crippen LogP contribution in [-0.4, -0.2) is 12.1 Å². The van der Waals surface area contributed by atoms with Gasteiger partial charge in [-0.25, -0.2) is 0 Å². The van der Waals surface area contributed by atoms with Crippen molar-refractivity contribution < 1.29 is 9.53 Å². The lowest BCUT2D eigenvalue weighted by atomic mass is 9.45. The van der Waals surface area contributed by atoms with Gasteiger partial charge < -0.3 is 4.74 Å². The second-order valence-corrected chi connectivity index (χ2v) is 12.8. The number of fused-ring (bicyclic) bond motifs is 5. The van der Waals surface area contributed by atoms with E-state index in [1.54, 1.807) is 6.92 Å². The first-order valence-electron chi connectivity index (χ1n) is 13.6. The van der Waals surface area contributed by atoms with Gasteiger partial charge in [-0.05, 0) is 104 Å². The molecule has 0 aromatic heterocycles. The largest absolute Gasteiger partial charge is 0.463 e. The summed E-state index contributed by atoms with van der Waals surface area (Å²) in [4.78, 5) is 11.5. The van der Waals surface area contributed by atoms with Crippen LogP contribution in [0, 0.1) is 52.3 Å². The topological polar surface area (TPSA) is 26.3 Å². The van der Waals surface area contributed by atoms with Crippen LogP contribution in [0.3, 0.4) is 0 Å². The maximum Gasteiger partial charge on any atom is 0.302 e. The summed E-state index contributed by atoms with van der Waals surface area (Å²) in [5.74, 6) is 5.02. The zero-order valence-electron chi connectivity index (χ0n) is 21.8. The minimum Gasteiger partial charge on any atom is -0.463 e. The summed E-state index contributed by atoms with van der Waals surface area (Å²) in [7, 11) is 0. The Kier molecular flexibility index (Phi) is 6.74. The van der Waals surface area contributed by atoms with Crippen LogP contribution in [0.4, 0.5) is 0 Å². The molecule has 0 heterocycles. The number of hydrogen-bond acceptors (Lipinski definition) is 2. The van der Waals surface area contributed by atoms with Crippen molar-refractivity contribution in [1.82, 2.24) is 0 Å². The SMILES string of the molecule is CC(=O)O[C@H]1CC[C@@]2(C)C(CCC3C4=CC[C@H]([C@H](C)/C=C/[C@@H](C)C(C)C)[C@@]4(C)CCC32)C1. The van der Waals surface area contributed by atoms with E-state index in [0.29, 0.717) is 28.6 Å². The van der Waals surface area contributed by atoms with E-state index < -0.39 is 0 Å². The van der Waals surface area contributed by atoms with E-state index in [1.807, 2.05) is 5.57 Å². The third-order valence-electron chi connectivity index (χ3n) is 10.8. The Balaban J connectivity index is 1.48. The van der Waals surface area contributed by atoms with Gasteiger partial charge in [0.2, 0.25) is 0 Å². The van der Waals surface area contributed by atoms with Crippen molar-refractivity contribution in [1.29, 1.82) is 0 Å². The van der Waals surface area contributed by atoms with Crippen LogP contribution in [0.25, 0.3) is 0 Å². The molecule has 0 radical (unpaired) electrons. The van der Waals surface area contributed by atoms with Gasteiger partial charge >= 0.3 is 5.97 Å². The molecule has 0 amide bonds. The van der Waals surface area contributed by atoms with Crippen molar-refractivity contribution in [2.24, 2.45) is 52.3 Å². The lowest BCUT2D eigenvalue weighted by Crippen LogP contribution is -2.52. The summed E-state index contributed by atoms with van der Waals surface area (Å²) in [5, 5.41) is 0. The van der Waals surface area contributed by atoms with E-state index >= 15 is 0 Å². The number of esters is 1. The summed E-state index contributed by atoms with van der Waals surface area (Å²) in [6.45, 7) is 16.2. The highest BCUT2D eigenvalue weighted by Crippen LogP contribution is 2.66. The fraction of sp³-hybridized carbons (Fsp3) is 0.833. The number of rotatable bonds is 5. The molecular weight excluding hydrogens is 392 g/mol. The molecule has 3 saturated carbocycles. The lowest BCUT2D eigenvalue weighted by molar-refractivity contribution is -0.155. The molecule has 0 aromatic rings. The van der Waals surface area contributed by atoms with E-state index in [2.05, 4.69) is 59.8 Å². The molecule has 32 heavy (non-hydrogen) atoms. The smallest absolute Gasteiger partial charge is 0.302 e. The Morgan fingerprint density at radius 1 is 1.06 bits per heavy atom. The molecule has 4 rings (SSSR count). The average molecular weight is 441 g/mol. The van der Waals surface area contributed by atoms with Crippen LogP contribution in [0.15, 0.2) is 23.8 Å². The predicted molar refractivity (Wildman–Crippen MR) is 133 cm³/mol. The van der Waals surface area contributed by atoms with Gasteiger partial charge in [0.15, 0.2) is 0 Å². The molecule has 4 aliphatic rings. The Morgan fingerprint density at radius 3 is 2.50 bits per heavy atom. The lowest BCUT2D eigenvalue weighted by Gasteiger charge is -2.60. The maximum absolute atomic E-state index is 11.5. The van der Waals surface area contributed by atoms with Crippen molar-refractivity contribution in [3.63, 3.8) is 0 Å². The molecule has 0 aromatic carbocycles. The van der Waals surface area contributed by atoms with Crippen LogP contribution < -0.4 is 0 Å². The molecule has 2 heteroatoms. The minimum atomic E-state index is -0.103. The van der Waals surface area contributed by atoms with Crippen molar-refractivity contribution in [3.8, 4) is 0 Å². The molecule has 0 N–H and O–H groups in total.